The monoisotopic (exact) mass is 209 g/mol. The molecule has 15 heavy (non-hydrogen) atoms. The Bertz CT molecular complexity index is 372. The van der Waals surface area contributed by atoms with Crippen molar-refractivity contribution in [1.82, 2.24) is 5.16 Å². The molecule has 0 atom stereocenters. The summed E-state index contributed by atoms with van der Waals surface area (Å²) in [5.74, 6) is -0.806. The molecule has 1 N–H and O–H groups in total. The van der Waals surface area contributed by atoms with E-state index in [0.717, 1.165) is 0 Å². The van der Waals surface area contributed by atoms with E-state index in [1.807, 2.05) is 0 Å². The van der Waals surface area contributed by atoms with Crippen molar-refractivity contribution in [1.29, 1.82) is 0 Å². The Kier molecular flexibility index (Phi) is 2.30. The fourth-order valence-electron chi connectivity index (χ4n) is 1.99. The minimum atomic E-state index is -1.03. The van der Waals surface area contributed by atoms with Gasteiger partial charge in [0.25, 0.3) is 0 Å². The van der Waals surface area contributed by atoms with Gasteiger partial charge in [0.15, 0.2) is 0 Å². The number of carboxylic acids is 1. The van der Waals surface area contributed by atoms with Crippen molar-refractivity contribution >= 4 is 11.8 Å². The van der Waals surface area contributed by atoms with Crippen LogP contribution in [0.2, 0.25) is 0 Å². The van der Waals surface area contributed by atoms with Gasteiger partial charge < -0.3 is 9.63 Å². The Morgan fingerprint density at radius 3 is 2.60 bits per heavy atom. The van der Waals surface area contributed by atoms with Crippen LogP contribution in [0.3, 0.4) is 0 Å². The fourth-order valence-corrected chi connectivity index (χ4v) is 1.99. The van der Waals surface area contributed by atoms with Gasteiger partial charge in [-0.3, -0.25) is 9.59 Å². The first-order chi connectivity index (χ1) is 7.15. The summed E-state index contributed by atoms with van der Waals surface area (Å²) in [4.78, 5) is 22.4. The van der Waals surface area contributed by atoms with Gasteiger partial charge in [0.1, 0.15) is 23.2 Å². The van der Waals surface area contributed by atoms with Crippen LogP contribution in [0.1, 0.15) is 31.4 Å². The lowest BCUT2D eigenvalue weighted by Crippen LogP contribution is -2.40. The average molecular weight is 209 g/mol. The lowest BCUT2D eigenvalue weighted by molar-refractivity contribution is -0.146. The number of ketones is 1. The number of aromatic nitrogens is 1. The number of Topliss-reactive ketones (excluding diaryl/α,β-unsaturated/α-hetero) is 1. The van der Waals surface area contributed by atoms with Gasteiger partial charge in [0.2, 0.25) is 0 Å². The highest BCUT2D eigenvalue weighted by Crippen LogP contribution is 2.37. The van der Waals surface area contributed by atoms with Gasteiger partial charge in [0, 0.05) is 18.9 Å². The second-order valence-electron chi connectivity index (χ2n) is 3.81. The Hall–Kier alpha value is -1.65. The summed E-state index contributed by atoms with van der Waals surface area (Å²) in [6.07, 6.45) is 2.59. The van der Waals surface area contributed by atoms with Crippen LogP contribution in [0.5, 0.6) is 0 Å². The molecule has 1 aromatic heterocycles. The van der Waals surface area contributed by atoms with E-state index in [1.165, 1.54) is 6.26 Å². The quantitative estimate of drug-likeness (QED) is 0.789. The zero-order chi connectivity index (χ0) is 10.9. The molecule has 1 aliphatic carbocycles. The number of aliphatic carboxylic acids is 1. The molecule has 2 rings (SSSR count). The van der Waals surface area contributed by atoms with Gasteiger partial charge in [-0.25, -0.2) is 0 Å². The largest absolute Gasteiger partial charge is 0.481 e. The number of hydrogen-bond donors (Lipinski definition) is 1. The molecule has 0 aromatic carbocycles. The number of carboxylic acid groups (broad SMARTS) is 1. The molecule has 0 aliphatic heterocycles. The van der Waals surface area contributed by atoms with Crippen LogP contribution < -0.4 is 0 Å². The van der Waals surface area contributed by atoms with E-state index in [4.69, 9.17) is 0 Å². The summed E-state index contributed by atoms with van der Waals surface area (Å²) in [6.45, 7) is 0. The fraction of sp³-hybridized carbons (Fsp3) is 0.500. The van der Waals surface area contributed by atoms with Crippen LogP contribution in [0.4, 0.5) is 0 Å². The summed E-state index contributed by atoms with van der Waals surface area (Å²) in [5, 5.41) is 12.9. The maximum atomic E-state index is 11.3. The second kappa shape index (κ2) is 3.49. The molecular formula is C10H11NO4. The Morgan fingerprint density at radius 2 is 2.13 bits per heavy atom. The molecule has 0 spiro atoms. The minimum Gasteiger partial charge on any atom is -0.481 e. The third kappa shape index (κ3) is 1.54. The Morgan fingerprint density at radius 1 is 1.47 bits per heavy atom. The summed E-state index contributed by atoms with van der Waals surface area (Å²) in [7, 11) is 0. The van der Waals surface area contributed by atoms with Gasteiger partial charge >= 0.3 is 5.97 Å². The van der Waals surface area contributed by atoms with Crippen LogP contribution in [0.15, 0.2) is 16.9 Å². The SMILES string of the molecule is O=C1CCC(C(=O)O)(c2ccon2)CC1. The molecule has 80 valence electrons. The van der Waals surface area contributed by atoms with E-state index in [2.05, 4.69) is 9.68 Å². The van der Waals surface area contributed by atoms with Crippen molar-refractivity contribution < 1.29 is 19.2 Å². The van der Waals surface area contributed by atoms with Gasteiger partial charge in [-0.05, 0) is 12.8 Å². The molecule has 1 saturated carbocycles. The molecule has 1 fully saturated rings. The van der Waals surface area contributed by atoms with Gasteiger partial charge in [-0.1, -0.05) is 5.16 Å². The summed E-state index contributed by atoms with van der Waals surface area (Å²) in [5.41, 5.74) is -0.608. The highest BCUT2D eigenvalue weighted by Gasteiger charge is 2.45. The number of rotatable bonds is 2. The van der Waals surface area contributed by atoms with E-state index < -0.39 is 11.4 Å². The predicted octanol–water partition coefficient (Wildman–Crippen LogP) is 1.14. The maximum Gasteiger partial charge on any atom is 0.315 e. The van der Waals surface area contributed by atoms with Crippen LogP contribution in [0, 0.1) is 0 Å². The molecule has 5 nitrogen and oxygen atoms in total. The molecule has 1 heterocycles. The number of nitrogens with zero attached hydrogens (tertiary/aromatic N) is 1. The Balaban J connectivity index is 2.34. The normalized spacial score (nSPS) is 20.1. The van der Waals surface area contributed by atoms with E-state index in [9.17, 15) is 14.7 Å². The van der Waals surface area contributed by atoms with E-state index in [-0.39, 0.29) is 5.78 Å². The zero-order valence-corrected chi connectivity index (χ0v) is 8.10. The van der Waals surface area contributed by atoms with Crippen LogP contribution in [0.25, 0.3) is 0 Å². The van der Waals surface area contributed by atoms with Crippen LogP contribution in [-0.4, -0.2) is 22.0 Å². The van der Waals surface area contributed by atoms with Crippen molar-refractivity contribution in [2.24, 2.45) is 0 Å². The average Bonchev–Trinajstić information content (AvgIpc) is 2.72. The molecule has 0 radical (unpaired) electrons. The summed E-state index contributed by atoms with van der Waals surface area (Å²) in [6, 6.07) is 1.56. The lowest BCUT2D eigenvalue weighted by atomic mass is 9.71. The first-order valence-electron chi connectivity index (χ1n) is 4.81. The summed E-state index contributed by atoms with van der Waals surface area (Å²) < 4.78 is 4.67. The third-order valence-electron chi connectivity index (χ3n) is 3.00. The number of carbonyl (C=O) groups excluding carboxylic acids is 1. The molecule has 1 aliphatic rings. The van der Waals surface area contributed by atoms with Crippen molar-refractivity contribution in [3.05, 3.63) is 18.0 Å². The predicted molar refractivity (Wildman–Crippen MR) is 49.3 cm³/mol. The number of hydrogen-bond acceptors (Lipinski definition) is 4. The standard InChI is InChI=1S/C10H11NO4/c12-7-1-4-10(5-2-7,9(13)14)8-3-6-15-11-8/h3,6H,1-2,4-5H2,(H,13,14). The molecular weight excluding hydrogens is 198 g/mol. The van der Waals surface area contributed by atoms with E-state index in [0.29, 0.717) is 31.4 Å². The van der Waals surface area contributed by atoms with E-state index >= 15 is 0 Å². The molecule has 1 aromatic rings. The topological polar surface area (TPSA) is 80.4 Å². The van der Waals surface area contributed by atoms with Crippen molar-refractivity contribution in [2.45, 2.75) is 31.1 Å². The van der Waals surface area contributed by atoms with Crippen LogP contribution in [-0.2, 0) is 15.0 Å². The molecule has 0 bridgehead atoms. The highest BCUT2D eigenvalue weighted by molar-refractivity contribution is 5.87. The first kappa shape index (κ1) is 9.89. The van der Waals surface area contributed by atoms with Crippen LogP contribution >= 0.6 is 0 Å². The molecule has 5 heteroatoms. The van der Waals surface area contributed by atoms with Gasteiger partial charge in [0.05, 0.1) is 0 Å². The van der Waals surface area contributed by atoms with Gasteiger partial charge in [-0.2, -0.15) is 0 Å². The summed E-state index contributed by atoms with van der Waals surface area (Å²) >= 11 is 0. The highest BCUT2D eigenvalue weighted by atomic mass is 16.5. The maximum absolute atomic E-state index is 11.3. The Labute approximate surface area is 86.1 Å². The minimum absolute atomic E-state index is 0.121. The first-order valence-corrected chi connectivity index (χ1v) is 4.81. The second-order valence-corrected chi connectivity index (χ2v) is 3.81. The smallest absolute Gasteiger partial charge is 0.315 e. The molecule has 0 amide bonds. The van der Waals surface area contributed by atoms with Gasteiger partial charge in [-0.15, -0.1) is 0 Å². The zero-order valence-electron chi connectivity index (χ0n) is 8.10. The van der Waals surface area contributed by atoms with E-state index in [1.54, 1.807) is 6.07 Å². The van der Waals surface area contributed by atoms with Crippen molar-refractivity contribution in [3.63, 3.8) is 0 Å². The third-order valence-corrected chi connectivity index (χ3v) is 3.00. The molecule has 0 saturated heterocycles. The van der Waals surface area contributed by atoms with Crippen molar-refractivity contribution in [3.8, 4) is 0 Å². The molecule has 0 unspecified atom stereocenters. The number of carbonyl (C=O) groups is 2. The van der Waals surface area contributed by atoms with Crippen molar-refractivity contribution in [2.75, 3.05) is 0 Å². The lowest BCUT2D eigenvalue weighted by Gasteiger charge is -2.30.